The van der Waals surface area contributed by atoms with Crippen LogP contribution < -0.4 is 4.57 Å². The highest BCUT2D eigenvalue weighted by Gasteiger charge is 2.18. The molecule has 0 amide bonds. The van der Waals surface area contributed by atoms with Gasteiger partial charge in [-0.25, -0.2) is 9.13 Å². The molecule has 0 aliphatic carbocycles. The van der Waals surface area contributed by atoms with Gasteiger partial charge in [0.1, 0.15) is 24.5 Å². The maximum Gasteiger partial charge on any atom is 0.244 e. The van der Waals surface area contributed by atoms with Crippen molar-refractivity contribution < 1.29 is 4.57 Å². The van der Waals surface area contributed by atoms with Gasteiger partial charge in [-0.05, 0) is 34.9 Å². The Hall–Kier alpha value is -0.830. The van der Waals surface area contributed by atoms with E-state index in [0.29, 0.717) is 0 Å². The van der Waals surface area contributed by atoms with E-state index in [4.69, 9.17) is 0 Å². The first-order chi connectivity index (χ1) is 6.39. The summed E-state index contributed by atoms with van der Waals surface area (Å²) in [6.07, 6.45) is 6.44. The van der Waals surface area contributed by atoms with Gasteiger partial charge in [0.25, 0.3) is 0 Å². The standard InChI is InChI=1S/C11H22N3/c1-11(2,3)14-9-8-13(10-14)7-6-12(4)5/h8-10H,6-7H2,1-5H3/q+1. The quantitative estimate of drug-likeness (QED) is 0.659. The van der Waals surface area contributed by atoms with Gasteiger partial charge >= 0.3 is 0 Å². The van der Waals surface area contributed by atoms with Crippen LogP contribution in [0.15, 0.2) is 18.7 Å². The van der Waals surface area contributed by atoms with E-state index in [9.17, 15) is 0 Å². The van der Waals surface area contributed by atoms with E-state index in [0.717, 1.165) is 13.1 Å². The Bertz CT molecular complexity index is 281. The van der Waals surface area contributed by atoms with Gasteiger partial charge in [-0.15, -0.1) is 0 Å². The molecule has 0 saturated carbocycles. The van der Waals surface area contributed by atoms with Crippen molar-refractivity contribution in [3.8, 4) is 0 Å². The average Bonchev–Trinajstić information content (AvgIpc) is 2.47. The van der Waals surface area contributed by atoms with Crippen LogP contribution in [0.1, 0.15) is 20.8 Å². The second-order valence-corrected chi connectivity index (χ2v) is 5.03. The number of aromatic nitrogens is 2. The van der Waals surface area contributed by atoms with Crippen molar-refractivity contribution in [2.45, 2.75) is 32.9 Å². The van der Waals surface area contributed by atoms with Crippen LogP contribution in [0, 0.1) is 0 Å². The SMILES string of the molecule is CN(C)CC[n+]1ccn(C(C)(C)C)c1. The third-order valence-electron chi connectivity index (χ3n) is 2.27. The van der Waals surface area contributed by atoms with Crippen molar-refractivity contribution in [3.63, 3.8) is 0 Å². The predicted molar refractivity (Wildman–Crippen MR) is 58.2 cm³/mol. The van der Waals surface area contributed by atoms with Gasteiger partial charge in [0, 0.05) is 6.54 Å². The maximum atomic E-state index is 2.24. The van der Waals surface area contributed by atoms with Gasteiger partial charge in [0.2, 0.25) is 6.33 Å². The minimum Gasteiger partial charge on any atom is -0.305 e. The first-order valence-electron chi connectivity index (χ1n) is 5.12. The first kappa shape index (κ1) is 11.2. The number of hydrogen-bond acceptors (Lipinski definition) is 1. The molecule has 0 aliphatic rings. The van der Waals surface area contributed by atoms with E-state index in [1.807, 2.05) is 0 Å². The Morgan fingerprint density at radius 2 is 1.93 bits per heavy atom. The molecular formula is C11H22N3+. The molecule has 0 atom stereocenters. The van der Waals surface area contributed by atoms with Crippen LogP contribution in [-0.4, -0.2) is 30.1 Å². The molecule has 1 aromatic heterocycles. The summed E-state index contributed by atoms with van der Waals surface area (Å²) in [7, 11) is 4.20. The van der Waals surface area contributed by atoms with Gasteiger partial charge < -0.3 is 4.90 Å². The summed E-state index contributed by atoms with van der Waals surface area (Å²) >= 11 is 0. The van der Waals surface area contributed by atoms with E-state index in [-0.39, 0.29) is 5.54 Å². The Labute approximate surface area is 87.0 Å². The summed E-state index contributed by atoms with van der Waals surface area (Å²) in [4.78, 5) is 2.20. The Morgan fingerprint density at radius 1 is 1.29 bits per heavy atom. The number of nitrogens with zero attached hydrogens (tertiary/aromatic N) is 3. The van der Waals surface area contributed by atoms with Crippen LogP contribution in [0.2, 0.25) is 0 Å². The number of hydrogen-bond donors (Lipinski definition) is 0. The molecule has 0 aromatic carbocycles. The van der Waals surface area contributed by atoms with Crippen molar-refractivity contribution in [3.05, 3.63) is 18.7 Å². The smallest absolute Gasteiger partial charge is 0.244 e. The van der Waals surface area contributed by atoms with Crippen molar-refractivity contribution in [2.24, 2.45) is 0 Å². The zero-order valence-electron chi connectivity index (χ0n) is 9.99. The molecular weight excluding hydrogens is 174 g/mol. The zero-order chi connectivity index (χ0) is 10.8. The van der Waals surface area contributed by atoms with Gasteiger partial charge in [0.05, 0.1) is 0 Å². The highest BCUT2D eigenvalue weighted by molar-refractivity contribution is 4.78. The normalized spacial score (nSPS) is 12.4. The number of rotatable bonds is 3. The predicted octanol–water partition coefficient (Wildman–Crippen LogP) is 1.09. The zero-order valence-corrected chi connectivity index (χ0v) is 9.99. The molecule has 0 N–H and O–H groups in total. The van der Waals surface area contributed by atoms with Gasteiger partial charge in [-0.2, -0.15) is 0 Å². The lowest BCUT2D eigenvalue weighted by Crippen LogP contribution is -2.37. The summed E-state index contributed by atoms with van der Waals surface area (Å²) in [5.41, 5.74) is 0.184. The van der Waals surface area contributed by atoms with Gasteiger partial charge in [-0.1, -0.05) is 0 Å². The van der Waals surface area contributed by atoms with E-state index >= 15 is 0 Å². The molecule has 0 aliphatic heterocycles. The molecule has 0 spiro atoms. The fraction of sp³-hybridized carbons (Fsp3) is 0.727. The minimum absolute atomic E-state index is 0.184. The maximum absolute atomic E-state index is 2.24. The number of likely N-dealkylation sites (N-methyl/N-ethyl adjacent to an activating group) is 1. The fourth-order valence-corrected chi connectivity index (χ4v) is 1.24. The molecule has 0 fully saturated rings. The lowest BCUT2D eigenvalue weighted by atomic mass is 10.1. The van der Waals surface area contributed by atoms with Crippen LogP contribution in [0.3, 0.4) is 0 Å². The molecule has 3 heteroatoms. The summed E-state index contributed by atoms with van der Waals surface area (Å²) in [6, 6.07) is 0. The van der Waals surface area contributed by atoms with Crippen molar-refractivity contribution in [1.29, 1.82) is 0 Å². The Kier molecular flexibility index (Phi) is 3.32. The largest absolute Gasteiger partial charge is 0.305 e. The molecule has 80 valence electrons. The average molecular weight is 196 g/mol. The van der Waals surface area contributed by atoms with Crippen molar-refractivity contribution in [2.75, 3.05) is 20.6 Å². The second-order valence-electron chi connectivity index (χ2n) is 5.03. The molecule has 14 heavy (non-hydrogen) atoms. The Morgan fingerprint density at radius 3 is 2.36 bits per heavy atom. The van der Waals surface area contributed by atoms with Crippen LogP contribution in [-0.2, 0) is 12.1 Å². The first-order valence-corrected chi connectivity index (χ1v) is 5.12. The van der Waals surface area contributed by atoms with Crippen molar-refractivity contribution in [1.82, 2.24) is 9.47 Å². The van der Waals surface area contributed by atoms with Crippen LogP contribution in [0.4, 0.5) is 0 Å². The molecule has 1 rings (SSSR count). The molecule has 0 radical (unpaired) electrons. The highest BCUT2D eigenvalue weighted by atomic mass is 15.2. The van der Waals surface area contributed by atoms with E-state index < -0.39 is 0 Å². The van der Waals surface area contributed by atoms with E-state index in [1.54, 1.807) is 0 Å². The monoisotopic (exact) mass is 196 g/mol. The minimum atomic E-state index is 0.184. The summed E-state index contributed by atoms with van der Waals surface area (Å²) in [5, 5.41) is 0. The van der Waals surface area contributed by atoms with Crippen LogP contribution >= 0.6 is 0 Å². The molecule has 0 bridgehead atoms. The van der Waals surface area contributed by atoms with Gasteiger partial charge in [-0.3, -0.25) is 0 Å². The van der Waals surface area contributed by atoms with E-state index in [1.165, 1.54) is 0 Å². The fourth-order valence-electron chi connectivity index (χ4n) is 1.24. The lowest BCUT2D eigenvalue weighted by Gasteiger charge is -2.13. The molecule has 1 heterocycles. The summed E-state index contributed by atoms with van der Waals surface area (Å²) in [5.74, 6) is 0. The highest BCUT2D eigenvalue weighted by Crippen LogP contribution is 2.10. The third kappa shape index (κ3) is 3.14. The van der Waals surface area contributed by atoms with Gasteiger partial charge in [0.15, 0.2) is 0 Å². The molecule has 3 nitrogen and oxygen atoms in total. The third-order valence-corrected chi connectivity index (χ3v) is 2.27. The molecule has 1 aromatic rings. The summed E-state index contributed by atoms with van der Waals surface area (Å²) < 4.78 is 4.47. The van der Waals surface area contributed by atoms with Crippen LogP contribution in [0.25, 0.3) is 0 Å². The van der Waals surface area contributed by atoms with Crippen LogP contribution in [0.5, 0.6) is 0 Å². The molecule has 0 unspecified atom stereocenters. The van der Waals surface area contributed by atoms with Crippen molar-refractivity contribution >= 4 is 0 Å². The lowest BCUT2D eigenvalue weighted by molar-refractivity contribution is -0.696. The number of imidazole rings is 1. The topological polar surface area (TPSA) is 12.1 Å². The second kappa shape index (κ2) is 4.13. The summed E-state index contributed by atoms with van der Waals surface area (Å²) in [6.45, 7) is 8.77. The Balaban J connectivity index is 2.60. The molecule has 0 saturated heterocycles. The van der Waals surface area contributed by atoms with E-state index in [2.05, 4.69) is 67.6 Å².